The molecule has 1 aliphatic rings. The van der Waals surface area contributed by atoms with Crippen LogP contribution in [0.25, 0.3) is 0 Å². The molecule has 7 heteroatoms. The van der Waals surface area contributed by atoms with Crippen molar-refractivity contribution in [1.82, 2.24) is 5.32 Å². The number of hydrogen-bond acceptors (Lipinski definition) is 6. The van der Waals surface area contributed by atoms with E-state index in [1.54, 1.807) is 19.1 Å². The number of nitrogens with two attached hydrogens (primary N) is 1. The van der Waals surface area contributed by atoms with Gasteiger partial charge in [-0.3, -0.25) is 19.2 Å². The van der Waals surface area contributed by atoms with Crippen LogP contribution in [0.1, 0.15) is 45.1 Å². The van der Waals surface area contributed by atoms with Crippen LogP contribution in [0.15, 0.2) is 24.3 Å². The van der Waals surface area contributed by atoms with Crippen molar-refractivity contribution in [2.24, 2.45) is 23.5 Å². The first-order chi connectivity index (χ1) is 13.7. The standard InChI is InChI=1S/C22H30N2O5/c1-13(10-20(27)19(23)11-15-6-8-16(26)9-7-15)22(29)24-12-21(28)18-5-3-4-17(18)14(2)25/h6-9,13,17-19,26H,3-5,10-12,23H2,1-2H3,(H,24,29)/t13-,17+,18?,19+/m1/s1. The molecule has 0 bridgehead atoms. The fourth-order valence-corrected chi connectivity index (χ4v) is 3.86. The van der Waals surface area contributed by atoms with E-state index in [0.29, 0.717) is 12.8 Å². The van der Waals surface area contributed by atoms with Crippen LogP contribution in [0.4, 0.5) is 0 Å². The van der Waals surface area contributed by atoms with Gasteiger partial charge in [-0.1, -0.05) is 25.5 Å². The van der Waals surface area contributed by atoms with Gasteiger partial charge in [0.1, 0.15) is 11.5 Å². The molecule has 29 heavy (non-hydrogen) atoms. The van der Waals surface area contributed by atoms with E-state index in [-0.39, 0.29) is 53.8 Å². The molecule has 158 valence electrons. The predicted molar refractivity (Wildman–Crippen MR) is 108 cm³/mol. The number of carbonyl (C=O) groups excluding carboxylic acids is 4. The molecule has 1 saturated carbocycles. The minimum absolute atomic E-state index is 0.0151. The first kappa shape index (κ1) is 22.7. The molecule has 0 aliphatic heterocycles. The first-order valence-electron chi connectivity index (χ1n) is 10.1. The van der Waals surface area contributed by atoms with Gasteiger partial charge < -0.3 is 16.2 Å². The molecular weight excluding hydrogens is 372 g/mol. The normalized spacial score (nSPS) is 20.7. The Morgan fingerprint density at radius 3 is 2.38 bits per heavy atom. The monoisotopic (exact) mass is 402 g/mol. The van der Waals surface area contributed by atoms with E-state index in [1.807, 2.05) is 0 Å². The number of phenols is 1. The zero-order valence-corrected chi connectivity index (χ0v) is 17.0. The lowest BCUT2D eigenvalue weighted by Gasteiger charge is -2.18. The second-order valence-electron chi connectivity index (χ2n) is 7.99. The Labute approximate surface area is 171 Å². The first-order valence-corrected chi connectivity index (χ1v) is 10.1. The van der Waals surface area contributed by atoms with Crippen LogP contribution in [0, 0.1) is 17.8 Å². The van der Waals surface area contributed by atoms with Gasteiger partial charge in [-0.15, -0.1) is 0 Å². The third-order valence-corrected chi connectivity index (χ3v) is 5.65. The highest BCUT2D eigenvalue weighted by Crippen LogP contribution is 2.32. The Morgan fingerprint density at radius 1 is 1.14 bits per heavy atom. The van der Waals surface area contributed by atoms with Gasteiger partial charge in [-0.25, -0.2) is 0 Å². The molecule has 1 fully saturated rings. The topological polar surface area (TPSA) is 127 Å². The number of aromatic hydroxyl groups is 1. The number of amides is 1. The molecule has 1 unspecified atom stereocenters. The van der Waals surface area contributed by atoms with Crippen LogP contribution in [-0.4, -0.2) is 41.0 Å². The van der Waals surface area contributed by atoms with Crippen LogP contribution < -0.4 is 11.1 Å². The molecule has 0 spiro atoms. The second-order valence-corrected chi connectivity index (χ2v) is 7.99. The van der Waals surface area contributed by atoms with Crippen molar-refractivity contribution in [3.05, 3.63) is 29.8 Å². The van der Waals surface area contributed by atoms with Gasteiger partial charge in [0.25, 0.3) is 0 Å². The number of nitrogens with one attached hydrogen (secondary N) is 1. The maximum absolute atomic E-state index is 12.4. The average Bonchev–Trinajstić information content (AvgIpc) is 3.17. The van der Waals surface area contributed by atoms with E-state index >= 15 is 0 Å². The molecule has 1 aromatic carbocycles. The summed E-state index contributed by atoms with van der Waals surface area (Å²) in [5.74, 6) is -1.73. The predicted octanol–water partition coefficient (Wildman–Crippen LogP) is 1.55. The number of carbonyl (C=O) groups is 4. The fraction of sp³-hybridized carbons (Fsp3) is 0.545. The number of benzene rings is 1. The summed E-state index contributed by atoms with van der Waals surface area (Å²) in [5, 5.41) is 11.9. The summed E-state index contributed by atoms with van der Waals surface area (Å²) in [5.41, 5.74) is 6.78. The van der Waals surface area contributed by atoms with Crippen LogP contribution in [0.3, 0.4) is 0 Å². The quantitative estimate of drug-likeness (QED) is 0.545. The van der Waals surface area contributed by atoms with Gasteiger partial charge in [0.15, 0.2) is 11.6 Å². The summed E-state index contributed by atoms with van der Waals surface area (Å²) >= 11 is 0. The largest absolute Gasteiger partial charge is 0.508 e. The lowest BCUT2D eigenvalue weighted by Crippen LogP contribution is -2.40. The smallest absolute Gasteiger partial charge is 0.223 e. The van der Waals surface area contributed by atoms with Crippen molar-refractivity contribution in [3.63, 3.8) is 0 Å². The van der Waals surface area contributed by atoms with Crippen molar-refractivity contribution in [2.75, 3.05) is 6.54 Å². The Hall–Kier alpha value is -2.54. The number of Topliss-reactive ketones (excluding diaryl/α,β-unsaturated/α-hetero) is 3. The second kappa shape index (κ2) is 10.3. The van der Waals surface area contributed by atoms with Crippen LogP contribution in [-0.2, 0) is 25.6 Å². The molecular formula is C22H30N2O5. The molecule has 4 N–H and O–H groups in total. The molecule has 1 aliphatic carbocycles. The highest BCUT2D eigenvalue weighted by Gasteiger charge is 2.35. The summed E-state index contributed by atoms with van der Waals surface area (Å²) in [7, 11) is 0. The Balaban J connectivity index is 1.78. The average molecular weight is 402 g/mol. The highest BCUT2D eigenvalue weighted by atomic mass is 16.3. The summed E-state index contributed by atoms with van der Waals surface area (Å²) in [6.07, 6.45) is 2.56. The third-order valence-electron chi connectivity index (χ3n) is 5.65. The zero-order chi connectivity index (χ0) is 21.6. The van der Waals surface area contributed by atoms with Crippen LogP contribution in [0.2, 0.25) is 0 Å². The number of phenolic OH excluding ortho intramolecular Hbond substituents is 1. The van der Waals surface area contributed by atoms with Gasteiger partial charge in [0.05, 0.1) is 12.6 Å². The molecule has 2 rings (SSSR count). The number of ketones is 3. The minimum atomic E-state index is -0.744. The van der Waals surface area contributed by atoms with Gasteiger partial charge in [-0.2, -0.15) is 0 Å². The van der Waals surface area contributed by atoms with E-state index in [1.165, 1.54) is 19.1 Å². The lowest BCUT2D eigenvalue weighted by molar-refractivity contribution is -0.132. The Kier molecular flexibility index (Phi) is 8.08. The van der Waals surface area contributed by atoms with Crippen LogP contribution in [0.5, 0.6) is 5.75 Å². The maximum atomic E-state index is 12.4. The number of hydrogen-bond donors (Lipinski definition) is 3. The minimum Gasteiger partial charge on any atom is -0.508 e. The van der Waals surface area contributed by atoms with E-state index in [4.69, 9.17) is 5.73 Å². The van der Waals surface area contributed by atoms with E-state index in [2.05, 4.69) is 5.32 Å². The highest BCUT2D eigenvalue weighted by molar-refractivity contribution is 5.94. The van der Waals surface area contributed by atoms with Crippen molar-refractivity contribution >= 4 is 23.3 Å². The molecule has 1 amide bonds. The van der Waals surface area contributed by atoms with E-state index in [9.17, 15) is 24.3 Å². The van der Waals surface area contributed by atoms with Crippen molar-refractivity contribution in [2.45, 2.75) is 52.0 Å². The van der Waals surface area contributed by atoms with Gasteiger partial charge in [0, 0.05) is 24.2 Å². The zero-order valence-electron chi connectivity index (χ0n) is 17.0. The van der Waals surface area contributed by atoms with E-state index in [0.717, 1.165) is 18.4 Å². The third kappa shape index (κ3) is 6.49. The van der Waals surface area contributed by atoms with Gasteiger partial charge in [0.2, 0.25) is 5.91 Å². The molecule has 0 saturated heterocycles. The molecule has 0 aromatic heterocycles. The maximum Gasteiger partial charge on any atom is 0.223 e. The van der Waals surface area contributed by atoms with Crippen molar-refractivity contribution in [3.8, 4) is 5.75 Å². The summed E-state index contributed by atoms with van der Waals surface area (Å²) in [6, 6.07) is 5.70. The molecule has 0 heterocycles. The molecule has 4 atom stereocenters. The lowest BCUT2D eigenvalue weighted by atomic mass is 9.89. The fourth-order valence-electron chi connectivity index (χ4n) is 3.86. The molecule has 1 aromatic rings. The van der Waals surface area contributed by atoms with Gasteiger partial charge >= 0.3 is 0 Å². The van der Waals surface area contributed by atoms with E-state index < -0.39 is 12.0 Å². The van der Waals surface area contributed by atoms with Crippen molar-refractivity contribution < 1.29 is 24.3 Å². The Morgan fingerprint density at radius 2 is 1.76 bits per heavy atom. The van der Waals surface area contributed by atoms with Gasteiger partial charge in [-0.05, 0) is 43.9 Å². The molecule has 0 radical (unpaired) electrons. The van der Waals surface area contributed by atoms with Crippen LogP contribution >= 0.6 is 0 Å². The molecule has 7 nitrogen and oxygen atoms in total. The summed E-state index contributed by atoms with van der Waals surface area (Å²) < 4.78 is 0. The SMILES string of the molecule is CC(=O)[C@@H]1CCCC1C(=O)CNC(=O)[C@H](C)CC(=O)[C@@H](N)Cc1ccc(O)cc1. The van der Waals surface area contributed by atoms with Crippen molar-refractivity contribution in [1.29, 1.82) is 0 Å². The summed E-state index contributed by atoms with van der Waals surface area (Å²) in [6.45, 7) is 3.01. The summed E-state index contributed by atoms with van der Waals surface area (Å²) in [4.78, 5) is 48.6. The number of rotatable bonds is 10. The Bertz CT molecular complexity index is 759.